The van der Waals surface area contributed by atoms with Gasteiger partial charge in [0.2, 0.25) is 0 Å². The zero-order valence-electron chi connectivity index (χ0n) is 11.1. The van der Waals surface area contributed by atoms with Gasteiger partial charge in [-0.25, -0.2) is 0 Å². The van der Waals surface area contributed by atoms with Crippen molar-refractivity contribution in [1.29, 1.82) is 0 Å². The van der Waals surface area contributed by atoms with E-state index in [1.807, 2.05) is 26.0 Å². The molecule has 2 aromatic carbocycles. The molecule has 100 valence electrons. The minimum Gasteiger partial charge on any atom is -0.495 e. The molecule has 0 saturated carbocycles. The number of ether oxygens (including phenoxy) is 2. The van der Waals surface area contributed by atoms with Gasteiger partial charge in [-0.05, 0) is 54.0 Å². The molecule has 0 fully saturated rings. The summed E-state index contributed by atoms with van der Waals surface area (Å²) >= 11 is 3.45. The molecule has 2 aromatic rings. The molecule has 0 amide bonds. The number of hydrogen-bond donors (Lipinski definition) is 0. The van der Waals surface area contributed by atoms with E-state index < -0.39 is 0 Å². The molecule has 0 aliphatic rings. The summed E-state index contributed by atoms with van der Waals surface area (Å²) in [7, 11) is 1.61. The van der Waals surface area contributed by atoms with Gasteiger partial charge in [0.1, 0.15) is 17.8 Å². The van der Waals surface area contributed by atoms with Crippen LogP contribution in [0.1, 0.15) is 24.2 Å². The predicted molar refractivity (Wildman–Crippen MR) is 79.4 cm³/mol. The zero-order chi connectivity index (χ0) is 14.0. The smallest absolute Gasteiger partial charge is 0.150 e. The summed E-state index contributed by atoms with van der Waals surface area (Å²) in [6.45, 7) is 3.91. The molecule has 3 nitrogen and oxygen atoms in total. The summed E-state index contributed by atoms with van der Waals surface area (Å²) in [5.41, 5.74) is 0.569. The van der Waals surface area contributed by atoms with Crippen molar-refractivity contribution in [2.24, 2.45) is 0 Å². The topological polar surface area (TPSA) is 35.5 Å². The second-order valence-electron chi connectivity index (χ2n) is 4.48. The van der Waals surface area contributed by atoms with Gasteiger partial charge >= 0.3 is 0 Å². The molecule has 0 aliphatic heterocycles. The third kappa shape index (κ3) is 2.73. The number of benzene rings is 2. The van der Waals surface area contributed by atoms with Gasteiger partial charge in [-0.15, -0.1) is 0 Å². The summed E-state index contributed by atoms with van der Waals surface area (Å²) in [6.07, 6.45) is 0.854. The Hall–Kier alpha value is -1.55. The van der Waals surface area contributed by atoms with Crippen LogP contribution in [-0.2, 0) is 0 Å². The van der Waals surface area contributed by atoms with Crippen LogP contribution < -0.4 is 9.47 Å². The zero-order valence-corrected chi connectivity index (χ0v) is 12.7. The van der Waals surface area contributed by atoms with E-state index in [2.05, 4.69) is 15.9 Å². The molecule has 0 N–H and O–H groups in total. The molecular formula is C15H15BrO3. The second kappa shape index (κ2) is 5.61. The number of fused-ring (bicyclic) bond motifs is 1. The monoisotopic (exact) mass is 322 g/mol. The molecule has 4 heteroatoms. The van der Waals surface area contributed by atoms with Crippen molar-refractivity contribution in [3.05, 3.63) is 34.3 Å². The van der Waals surface area contributed by atoms with E-state index in [-0.39, 0.29) is 6.10 Å². The maximum Gasteiger partial charge on any atom is 0.150 e. The predicted octanol–water partition coefficient (Wildman–Crippen LogP) is 4.21. The molecule has 0 bridgehead atoms. The van der Waals surface area contributed by atoms with Crippen LogP contribution in [0.5, 0.6) is 11.5 Å². The van der Waals surface area contributed by atoms with Crippen LogP contribution in [0.15, 0.2) is 28.7 Å². The Labute approximate surface area is 120 Å². The van der Waals surface area contributed by atoms with Gasteiger partial charge in [0.15, 0.2) is 0 Å². The Balaban J connectivity index is 2.77. The Morgan fingerprint density at radius 3 is 2.53 bits per heavy atom. The molecule has 0 aromatic heterocycles. The molecule has 0 heterocycles. The van der Waals surface area contributed by atoms with Gasteiger partial charge in [0.25, 0.3) is 0 Å². The van der Waals surface area contributed by atoms with Crippen molar-refractivity contribution in [1.82, 2.24) is 0 Å². The number of halogens is 1. The first kappa shape index (κ1) is 13.9. The summed E-state index contributed by atoms with van der Waals surface area (Å²) < 4.78 is 12.0. The Morgan fingerprint density at radius 1 is 1.21 bits per heavy atom. The van der Waals surface area contributed by atoms with Crippen LogP contribution in [0.3, 0.4) is 0 Å². The van der Waals surface area contributed by atoms with Gasteiger partial charge in [-0.1, -0.05) is 0 Å². The normalized spacial score (nSPS) is 10.8. The summed E-state index contributed by atoms with van der Waals surface area (Å²) in [5.74, 6) is 1.40. The van der Waals surface area contributed by atoms with Gasteiger partial charge < -0.3 is 9.47 Å². The van der Waals surface area contributed by atoms with Crippen molar-refractivity contribution < 1.29 is 14.3 Å². The Morgan fingerprint density at radius 2 is 1.95 bits per heavy atom. The lowest BCUT2D eigenvalue weighted by Crippen LogP contribution is -2.06. The molecule has 0 radical (unpaired) electrons. The first-order chi connectivity index (χ1) is 9.06. The summed E-state index contributed by atoms with van der Waals surface area (Å²) in [4.78, 5) is 11.1. The maximum atomic E-state index is 11.1. The largest absolute Gasteiger partial charge is 0.495 e. The van der Waals surface area contributed by atoms with Crippen molar-refractivity contribution in [3.8, 4) is 11.5 Å². The molecule has 0 aliphatic carbocycles. The van der Waals surface area contributed by atoms with Gasteiger partial charge in [0, 0.05) is 16.3 Å². The molecule has 0 atom stereocenters. The highest BCUT2D eigenvalue weighted by Crippen LogP contribution is 2.38. The minimum absolute atomic E-state index is 0.0414. The van der Waals surface area contributed by atoms with Crippen molar-refractivity contribution in [3.63, 3.8) is 0 Å². The fourth-order valence-electron chi connectivity index (χ4n) is 2.00. The quantitative estimate of drug-likeness (QED) is 0.791. The van der Waals surface area contributed by atoms with E-state index in [9.17, 15) is 4.79 Å². The number of methoxy groups -OCH3 is 1. The van der Waals surface area contributed by atoms with Crippen LogP contribution in [0.2, 0.25) is 0 Å². The molecule has 2 rings (SSSR count). The minimum atomic E-state index is 0.0414. The fourth-order valence-corrected chi connectivity index (χ4v) is 2.50. The standard InChI is InChI=1S/C15H15BrO3/c1-9(2)19-14-7-10(8-17)6-12-11(14)4-5-13(16)15(12)18-3/h4-9H,1-3H3. The van der Waals surface area contributed by atoms with Crippen LogP contribution in [0, 0.1) is 0 Å². The second-order valence-corrected chi connectivity index (χ2v) is 5.33. The highest BCUT2D eigenvalue weighted by molar-refractivity contribution is 9.10. The van der Waals surface area contributed by atoms with Crippen LogP contribution in [0.4, 0.5) is 0 Å². The molecule has 0 saturated heterocycles. The summed E-state index contributed by atoms with van der Waals surface area (Å²) in [6, 6.07) is 7.42. The van der Waals surface area contributed by atoms with E-state index in [0.29, 0.717) is 17.1 Å². The van der Waals surface area contributed by atoms with Gasteiger partial charge in [0.05, 0.1) is 17.7 Å². The van der Waals surface area contributed by atoms with Crippen molar-refractivity contribution in [2.45, 2.75) is 20.0 Å². The third-order valence-electron chi connectivity index (χ3n) is 2.73. The lowest BCUT2D eigenvalue weighted by atomic mass is 10.1. The van der Waals surface area contributed by atoms with E-state index in [1.165, 1.54) is 0 Å². The molecule has 0 unspecified atom stereocenters. The number of carbonyl (C=O) groups is 1. The third-order valence-corrected chi connectivity index (χ3v) is 3.35. The average Bonchev–Trinajstić information content (AvgIpc) is 2.37. The van der Waals surface area contributed by atoms with E-state index >= 15 is 0 Å². The first-order valence-corrected chi connectivity index (χ1v) is 6.78. The maximum absolute atomic E-state index is 11.1. The van der Waals surface area contributed by atoms with E-state index in [0.717, 1.165) is 21.5 Å². The Kier molecular flexibility index (Phi) is 4.10. The first-order valence-electron chi connectivity index (χ1n) is 5.99. The van der Waals surface area contributed by atoms with E-state index in [4.69, 9.17) is 9.47 Å². The molecular weight excluding hydrogens is 308 g/mol. The van der Waals surface area contributed by atoms with Crippen LogP contribution in [0.25, 0.3) is 10.8 Å². The SMILES string of the molecule is COc1c(Br)ccc2c(OC(C)C)cc(C=O)cc12. The van der Waals surface area contributed by atoms with Crippen LogP contribution in [-0.4, -0.2) is 19.5 Å². The average molecular weight is 323 g/mol. The van der Waals surface area contributed by atoms with Crippen molar-refractivity contribution >= 4 is 33.0 Å². The lowest BCUT2D eigenvalue weighted by Gasteiger charge is -2.15. The lowest BCUT2D eigenvalue weighted by molar-refractivity contribution is 0.112. The summed E-state index contributed by atoms with van der Waals surface area (Å²) in [5, 5.41) is 1.79. The Bertz CT molecular complexity index is 620. The van der Waals surface area contributed by atoms with E-state index in [1.54, 1.807) is 19.2 Å². The molecule has 0 spiro atoms. The van der Waals surface area contributed by atoms with Crippen LogP contribution >= 0.6 is 15.9 Å². The number of rotatable bonds is 4. The highest BCUT2D eigenvalue weighted by Gasteiger charge is 2.12. The highest BCUT2D eigenvalue weighted by atomic mass is 79.9. The number of hydrogen-bond acceptors (Lipinski definition) is 3. The van der Waals surface area contributed by atoms with Crippen molar-refractivity contribution in [2.75, 3.05) is 7.11 Å². The number of carbonyl (C=O) groups excluding carboxylic acids is 1. The van der Waals surface area contributed by atoms with Gasteiger partial charge in [-0.3, -0.25) is 4.79 Å². The molecule has 19 heavy (non-hydrogen) atoms. The fraction of sp³-hybridized carbons (Fsp3) is 0.267. The number of aldehydes is 1. The van der Waals surface area contributed by atoms with Gasteiger partial charge in [-0.2, -0.15) is 0 Å².